The fourth-order valence-corrected chi connectivity index (χ4v) is 5.88. The molecule has 220 valence electrons. The maximum Gasteiger partial charge on any atom is 0.264 e. The van der Waals surface area contributed by atoms with E-state index in [2.05, 4.69) is 5.32 Å². The molecule has 9 heteroatoms. The normalized spacial score (nSPS) is 12.4. The van der Waals surface area contributed by atoms with Gasteiger partial charge in [-0.05, 0) is 76.4 Å². The Hall–Kier alpha value is -3.85. The zero-order valence-corrected chi connectivity index (χ0v) is 25.8. The molecule has 1 N–H and O–H groups in total. The van der Waals surface area contributed by atoms with Crippen LogP contribution in [0.4, 0.5) is 5.69 Å². The van der Waals surface area contributed by atoms with Crippen LogP contribution in [0.15, 0.2) is 77.7 Å². The predicted octanol–water partition coefficient (Wildman–Crippen LogP) is 5.23. The fourth-order valence-electron chi connectivity index (χ4n) is 4.48. The number of nitrogens with one attached hydrogen (secondary N) is 1. The SMILES string of the molecule is CC[C@@H](C(=O)NC(C)(C)C)N(Cc1ccccc1C)C(=O)CN(c1cccc(OC)c1)S(=O)(=O)c1ccc(C)cc1. The van der Waals surface area contributed by atoms with Crippen molar-refractivity contribution in [3.63, 3.8) is 0 Å². The Kier molecular flexibility index (Phi) is 10.2. The first-order chi connectivity index (χ1) is 19.3. The molecule has 0 radical (unpaired) electrons. The Morgan fingerprint density at radius 1 is 0.951 bits per heavy atom. The van der Waals surface area contributed by atoms with Gasteiger partial charge in [0.05, 0.1) is 17.7 Å². The first-order valence-electron chi connectivity index (χ1n) is 13.7. The molecule has 1 atom stereocenters. The minimum absolute atomic E-state index is 0.0571. The van der Waals surface area contributed by atoms with Crippen LogP contribution in [0.25, 0.3) is 0 Å². The summed E-state index contributed by atoms with van der Waals surface area (Å²) in [6, 6.07) is 19.9. The number of carbonyl (C=O) groups excluding carboxylic acids is 2. The quantitative estimate of drug-likeness (QED) is 0.336. The van der Waals surface area contributed by atoms with Gasteiger partial charge in [0.1, 0.15) is 18.3 Å². The van der Waals surface area contributed by atoms with Crippen molar-refractivity contribution >= 4 is 27.5 Å². The van der Waals surface area contributed by atoms with Crippen LogP contribution in [0.2, 0.25) is 0 Å². The summed E-state index contributed by atoms with van der Waals surface area (Å²) in [5.74, 6) is -0.342. The molecule has 2 amide bonds. The van der Waals surface area contributed by atoms with Gasteiger partial charge in [0, 0.05) is 18.2 Å². The Balaban J connectivity index is 2.10. The monoisotopic (exact) mass is 579 g/mol. The summed E-state index contributed by atoms with van der Waals surface area (Å²) >= 11 is 0. The van der Waals surface area contributed by atoms with Gasteiger partial charge < -0.3 is 15.0 Å². The van der Waals surface area contributed by atoms with Crippen LogP contribution in [-0.4, -0.2) is 50.4 Å². The van der Waals surface area contributed by atoms with Crippen LogP contribution in [0.1, 0.15) is 50.8 Å². The third-order valence-electron chi connectivity index (χ3n) is 6.72. The van der Waals surface area contributed by atoms with Gasteiger partial charge in [-0.15, -0.1) is 0 Å². The molecule has 0 saturated carbocycles. The van der Waals surface area contributed by atoms with Gasteiger partial charge in [-0.25, -0.2) is 8.42 Å². The molecule has 41 heavy (non-hydrogen) atoms. The van der Waals surface area contributed by atoms with E-state index >= 15 is 0 Å². The molecule has 0 heterocycles. The summed E-state index contributed by atoms with van der Waals surface area (Å²) in [6.07, 6.45) is 0.351. The summed E-state index contributed by atoms with van der Waals surface area (Å²) in [7, 11) is -2.66. The molecule has 3 rings (SSSR count). The molecule has 0 aliphatic rings. The number of sulfonamides is 1. The molecule has 0 unspecified atom stereocenters. The van der Waals surface area contributed by atoms with Crippen molar-refractivity contribution in [2.75, 3.05) is 18.0 Å². The molecule has 8 nitrogen and oxygen atoms in total. The molecule has 0 spiro atoms. The van der Waals surface area contributed by atoms with Gasteiger partial charge in [0.2, 0.25) is 11.8 Å². The molecule has 3 aromatic rings. The lowest BCUT2D eigenvalue weighted by molar-refractivity contribution is -0.141. The van der Waals surface area contributed by atoms with E-state index in [4.69, 9.17) is 4.74 Å². The predicted molar refractivity (Wildman–Crippen MR) is 162 cm³/mol. The summed E-state index contributed by atoms with van der Waals surface area (Å²) in [5.41, 5.74) is 2.52. The summed E-state index contributed by atoms with van der Waals surface area (Å²) in [4.78, 5) is 29.2. The number of amides is 2. The lowest BCUT2D eigenvalue weighted by Crippen LogP contribution is -2.55. The number of nitrogens with zero attached hydrogens (tertiary/aromatic N) is 2. The number of anilines is 1. The summed E-state index contributed by atoms with van der Waals surface area (Å²) in [6.45, 7) is 10.9. The van der Waals surface area contributed by atoms with Gasteiger partial charge in [-0.1, -0.05) is 55.0 Å². The van der Waals surface area contributed by atoms with Crippen molar-refractivity contribution < 1.29 is 22.7 Å². The third kappa shape index (κ3) is 8.10. The number of rotatable bonds is 11. The Morgan fingerprint density at radius 3 is 2.20 bits per heavy atom. The first-order valence-corrected chi connectivity index (χ1v) is 15.1. The van der Waals surface area contributed by atoms with E-state index in [9.17, 15) is 18.0 Å². The summed E-state index contributed by atoms with van der Waals surface area (Å²) < 4.78 is 34.5. The number of carbonyl (C=O) groups is 2. The van der Waals surface area contributed by atoms with Crippen molar-refractivity contribution in [3.05, 3.63) is 89.5 Å². The van der Waals surface area contributed by atoms with Crippen LogP contribution in [0, 0.1) is 13.8 Å². The second kappa shape index (κ2) is 13.2. The van der Waals surface area contributed by atoms with E-state index in [0.717, 1.165) is 21.0 Å². The molecular formula is C32H41N3O5S. The van der Waals surface area contributed by atoms with Crippen molar-refractivity contribution in [1.29, 1.82) is 0 Å². The molecule has 0 fully saturated rings. The van der Waals surface area contributed by atoms with Gasteiger partial charge in [0.25, 0.3) is 10.0 Å². The van der Waals surface area contributed by atoms with Crippen LogP contribution < -0.4 is 14.4 Å². The van der Waals surface area contributed by atoms with Gasteiger partial charge >= 0.3 is 0 Å². The Bertz CT molecular complexity index is 1460. The fraction of sp³-hybridized carbons (Fsp3) is 0.375. The van der Waals surface area contributed by atoms with E-state index in [1.807, 2.05) is 65.8 Å². The average molecular weight is 580 g/mol. The van der Waals surface area contributed by atoms with Crippen molar-refractivity contribution in [3.8, 4) is 5.75 Å². The highest BCUT2D eigenvalue weighted by Gasteiger charge is 2.34. The maximum absolute atomic E-state index is 14.2. The van der Waals surface area contributed by atoms with E-state index in [0.29, 0.717) is 12.2 Å². The number of aryl methyl sites for hydroxylation is 2. The van der Waals surface area contributed by atoms with E-state index < -0.39 is 34.1 Å². The zero-order valence-electron chi connectivity index (χ0n) is 25.0. The number of methoxy groups -OCH3 is 1. The molecule has 0 saturated heterocycles. The molecule has 0 bridgehead atoms. The van der Waals surface area contributed by atoms with E-state index in [1.54, 1.807) is 36.4 Å². The van der Waals surface area contributed by atoms with Crippen LogP contribution >= 0.6 is 0 Å². The van der Waals surface area contributed by atoms with Gasteiger partial charge in [-0.3, -0.25) is 13.9 Å². The highest BCUT2D eigenvalue weighted by Crippen LogP contribution is 2.28. The minimum atomic E-state index is -4.16. The average Bonchev–Trinajstić information content (AvgIpc) is 2.91. The highest BCUT2D eigenvalue weighted by atomic mass is 32.2. The molecule has 0 aromatic heterocycles. The van der Waals surface area contributed by atoms with Crippen molar-refractivity contribution in [1.82, 2.24) is 10.2 Å². The molecular weight excluding hydrogens is 538 g/mol. The Labute approximate surface area is 244 Å². The first kappa shape index (κ1) is 31.7. The topological polar surface area (TPSA) is 96.0 Å². The van der Waals surface area contributed by atoms with Crippen LogP contribution in [-0.2, 0) is 26.2 Å². The molecule has 0 aliphatic heterocycles. The number of hydrogen-bond donors (Lipinski definition) is 1. The van der Waals surface area contributed by atoms with Crippen molar-refractivity contribution in [2.24, 2.45) is 0 Å². The number of ether oxygens (including phenoxy) is 1. The zero-order chi connectivity index (χ0) is 30.4. The van der Waals surface area contributed by atoms with Crippen LogP contribution in [0.3, 0.4) is 0 Å². The highest BCUT2D eigenvalue weighted by molar-refractivity contribution is 7.92. The summed E-state index contributed by atoms with van der Waals surface area (Å²) in [5, 5.41) is 2.99. The van der Waals surface area contributed by atoms with E-state index in [1.165, 1.54) is 24.1 Å². The van der Waals surface area contributed by atoms with Gasteiger partial charge in [-0.2, -0.15) is 0 Å². The number of benzene rings is 3. The minimum Gasteiger partial charge on any atom is -0.497 e. The Morgan fingerprint density at radius 2 is 1.61 bits per heavy atom. The van der Waals surface area contributed by atoms with Gasteiger partial charge in [0.15, 0.2) is 0 Å². The number of hydrogen-bond acceptors (Lipinski definition) is 5. The standard InChI is InChI=1S/C32H41N3O5S/c1-8-29(31(37)33-32(4,5)6)34(21-25-13-10-9-12-24(25)3)30(36)22-35(26-14-11-15-27(20-26)40-7)41(38,39)28-18-16-23(2)17-19-28/h9-20,29H,8,21-22H2,1-7H3,(H,33,37)/t29-/m0/s1. The maximum atomic E-state index is 14.2. The lowest BCUT2D eigenvalue weighted by atomic mass is 10.0. The smallest absolute Gasteiger partial charge is 0.264 e. The lowest BCUT2D eigenvalue weighted by Gasteiger charge is -2.35. The third-order valence-corrected chi connectivity index (χ3v) is 8.50. The van der Waals surface area contributed by atoms with Crippen LogP contribution in [0.5, 0.6) is 5.75 Å². The largest absolute Gasteiger partial charge is 0.497 e. The molecule has 0 aliphatic carbocycles. The second-order valence-corrected chi connectivity index (χ2v) is 13.0. The second-order valence-electron chi connectivity index (χ2n) is 11.1. The molecule has 3 aromatic carbocycles. The van der Waals surface area contributed by atoms with E-state index in [-0.39, 0.29) is 23.0 Å². The van der Waals surface area contributed by atoms with Crippen molar-refractivity contribution in [2.45, 2.75) is 71.0 Å².